The Balaban J connectivity index is 1.89. The summed E-state index contributed by atoms with van der Waals surface area (Å²) in [6.07, 6.45) is 0.153. The van der Waals surface area contributed by atoms with E-state index in [1.165, 1.54) is 32.4 Å². The first-order chi connectivity index (χ1) is 15.3. The third-order valence-corrected chi connectivity index (χ3v) is 6.36. The van der Waals surface area contributed by atoms with Gasteiger partial charge >= 0.3 is 0 Å². The number of carbonyl (C=O) groups excluding carboxylic acids is 1. The highest BCUT2D eigenvalue weighted by atomic mass is 35.5. The molecular formula is C23H23ClN2O5S. The fourth-order valence-electron chi connectivity index (χ4n) is 3.07. The molecule has 0 aromatic heterocycles. The molecule has 1 atom stereocenters. The smallest absolute Gasteiger partial charge is 0.242 e. The fourth-order valence-corrected chi connectivity index (χ4v) is 4.47. The zero-order valence-corrected chi connectivity index (χ0v) is 19.1. The number of rotatable bonds is 9. The van der Waals surface area contributed by atoms with Gasteiger partial charge in [0.1, 0.15) is 6.04 Å². The average molecular weight is 475 g/mol. The molecule has 0 aliphatic carbocycles. The van der Waals surface area contributed by atoms with E-state index in [1.54, 1.807) is 24.3 Å². The zero-order chi connectivity index (χ0) is 23.1. The van der Waals surface area contributed by atoms with Crippen LogP contribution in [-0.2, 0) is 21.2 Å². The molecule has 168 valence electrons. The van der Waals surface area contributed by atoms with Gasteiger partial charge in [-0.1, -0.05) is 48.0 Å². The molecule has 7 nitrogen and oxygen atoms in total. The molecule has 0 saturated heterocycles. The first kappa shape index (κ1) is 23.6. The number of ether oxygens (including phenoxy) is 2. The van der Waals surface area contributed by atoms with Crippen LogP contribution < -0.4 is 19.5 Å². The second kappa shape index (κ2) is 10.5. The van der Waals surface area contributed by atoms with E-state index in [0.717, 1.165) is 5.56 Å². The SMILES string of the molecule is COc1ccc(S(=O)(=O)NC(Cc2ccccc2)C(=O)Nc2cccc(Cl)c2)cc1OC. The summed E-state index contributed by atoms with van der Waals surface area (Å²) >= 11 is 5.99. The highest BCUT2D eigenvalue weighted by Crippen LogP contribution is 2.29. The summed E-state index contributed by atoms with van der Waals surface area (Å²) in [5, 5.41) is 3.18. The van der Waals surface area contributed by atoms with Gasteiger partial charge in [0.25, 0.3) is 0 Å². The minimum atomic E-state index is -4.06. The predicted molar refractivity (Wildman–Crippen MR) is 124 cm³/mol. The van der Waals surface area contributed by atoms with Gasteiger partial charge in [-0.25, -0.2) is 8.42 Å². The molecule has 3 aromatic rings. The number of carbonyl (C=O) groups is 1. The summed E-state index contributed by atoms with van der Waals surface area (Å²) in [4.78, 5) is 13.0. The first-order valence-corrected chi connectivity index (χ1v) is 11.5. The van der Waals surface area contributed by atoms with Crippen LogP contribution in [-0.4, -0.2) is 34.6 Å². The minimum Gasteiger partial charge on any atom is -0.493 e. The van der Waals surface area contributed by atoms with Crippen LogP contribution in [0.15, 0.2) is 77.7 Å². The summed E-state index contributed by atoms with van der Waals surface area (Å²) in [6, 6.07) is 18.9. The molecule has 0 aliphatic rings. The van der Waals surface area contributed by atoms with Gasteiger partial charge in [0.2, 0.25) is 15.9 Å². The van der Waals surface area contributed by atoms with Crippen molar-refractivity contribution in [3.8, 4) is 11.5 Å². The molecule has 0 fully saturated rings. The van der Waals surface area contributed by atoms with E-state index in [0.29, 0.717) is 16.5 Å². The van der Waals surface area contributed by atoms with E-state index in [2.05, 4.69) is 10.0 Å². The van der Waals surface area contributed by atoms with Crippen LogP contribution in [0.3, 0.4) is 0 Å². The van der Waals surface area contributed by atoms with Gasteiger partial charge in [0, 0.05) is 16.8 Å². The predicted octanol–water partition coefficient (Wildman–Crippen LogP) is 3.89. The van der Waals surface area contributed by atoms with Crippen LogP contribution in [0, 0.1) is 0 Å². The number of hydrogen-bond acceptors (Lipinski definition) is 5. The maximum absolute atomic E-state index is 13.1. The molecule has 0 bridgehead atoms. The van der Waals surface area contributed by atoms with Crippen molar-refractivity contribution in [2.75, 3.05) is 19.5 Å². The van der Waals surface area contributed by atoms with Crippen LogP contribution in [0.2, 0.25) is 5.02 Å². The molecule has 0 heterocycles. The number of anilines is 1. The number of benzene rings is 3. The quantitative estimate of drug-likeness (QED) is 0.490. The number of halogens is 1. The van der Waals surface area contributed by atoms with Crippen LogP contribution in [0.1, 0.15) is 5.56 Å². The van der Waals surface area contributed by atoms with E-state index in [4.69, 9.17) is 21.1 Å². The van der Waals surface area contributed by atoms with Crippen molar-refractivity contribution in [2.24, 2.45) is 0 Å². The molecule has 1 unspecified atom stereocenters. The number of sulfonamides is 1. The lowest BCUT2D eigenvalue weighted by molar-refractivity contribution is -0.117. The Kier molecular flexibility index (Phi) is 7.74. The molecule has 0 spiro atoms. The maximum atomic E-state index is 13.1. The van der Waals surface area contributed by atoms with Crippen LogP contribution in [0.5, 0.6) is 11.5 Å². The Labute approximate surface area is 192 Å². The maximum Gasteiger partial charge on any atom is 0.242 e. The number of amides is 1. The van der Waals surface area contributed by atoms with Gasteiger partial charge < -0.3 is 14.8 Å². The molecule has 1 amide bonds. The van der Waals surface area contributed by atoms with Crippen molar-refractivity contribution in [3.05, 3.63) is 83.4 Å². The summed E-state index contributed by atoms with van der Waals surface area (Å²) in [6.45, 7) is 0. The van der Waals surface area contributed by atoms with Gasteiger partial charge in [-0.05, 0) is 42.3 Å². The standard InChI is InChI=1S/C23H23ClN2O5S/c1-30-21-12-11-19(15-22(21)31-2)32(28,29)26-20(13-16-7-4-3-5-8-16)23(27)25-18-10-6-9-17(24)14-18/h3-12,14-15,20,26H,13H2,1-2H3,(H,25,27). The van der Waals surface area contributed by atoms with E-state index in [1.807, 2.05) is 30.3 Å². The van der Waals surface area contributed by atoms with E-state index in [9.17, 15) is 13.2 Å². The van der Waals surface area contributed by atoms with E-state index < -0.39 is 22.0 Å². The van der Waals surface area contributed by atoms with Gasteiger partial charge in [-0.2, -0.15) is 4.72 Å². The normalized spacial score (nSPS) is 12.1. The lowest BCUT2D eigenvalue weighted by Crippen LogP contribution is -2.45. The van der Waals surface area contributed by atoms with Crippen molar-refractivity contribution in [1.82, 2.24) is 4.72 Å². The third kappa shape index (κ3) is 6.00. The Morgan fingerprint density at radius 2 is 1.66 bits per heavy atom. The Morgan fingerprint density at radius 1 is 0.938 bits per heavy atom. The van der Waals surface area contributed by atoms with Crippen LogP contribution >= 0.6 is 11.6 Å². The highest BCUT2D eigenvalue weighted by Gasteiger charge is 2.27. The topological polar surface area (TPSA) is 93.7 Å². The summed E-state index contributed by atoms with van der Waals surface area (Å²) in [5.74, 6) is 0.143. The van der Waals surface area contributed by atoms with Crippen LogP contribution in [0.4, 0.5) is 5.69 Å². The summed E-state index contributed by atoms with van der Waals surface area (Å²) in [5.41, 5.74) is 1.26. The van der Waals surface area contributed by atoms with Gasteiger partial charge in [0.05, 0.1) is 19.1 Å². The largest absolute Gasteiger partial charge is 0.493 e. The lowest BCUT2D eigenvalue weighted by atomic mass is 10.1. The highest BCUT2D eigenvalue weighted by molar-refractivity contribution is 7.89. The minimum absolute atomic E-state index is 0.0521. The fraction of sp³-hybridized carbons (Fsp3) is 0.174. The average Bonchev–Trinajstić information content (AvgIpc) is 2.78. The van der Waals surface area contributed by atoms with Gasteiger partial charge in [-0.3, -0.25) is 4.79 Å². The molecule has 2 N–H and O–H groups in total. The van der Waals surface area contributed by atoms with Crippen molar-refractivity contribution >= 4 is 33.2 Å². The molecule has 9 heteroatoms. The number of hydrogen-bond donors (Lipinski definition) is 2. The monoisotopic (exact) mass is 474 g/mol. The van der Waals surface area contributed by atoms with Crippen molar-refractivity contribution in [3.63, 3.8) is 0 Å². The lowest BCUT2D eigenvalue weighted by Gasteiger charge is -2.19. The Morgan fingerprint density at radius 3 is 2.31 bits per heavy atom. The third-order valence-electron chi connectivity index (χ3n) is 4.65. The first-order valence-electron chi connectivity index (χ1n) is 9.67. The molecule has 0 aliphatic heterocycles. The van der Waals surface area contributed by atoms with Crippen molar-refractivity contribution in [1.29, 1.82) is 0 Å². The molecule has 3 rings (SSSR count). The van der Waals surface area contributed by atoms with E-state index in [-0.39, 0.29) is 17.1 Å². The molecular weight excluding hydrogens is 452 g/mol. The second-order valence-corrected chi connectivity index (χ2v) is 9.03. The van der Waals surface area contributed by atoms with Gasteiger partial charge in [-0.15, -0.1) is 0 Å². The number of methoxy groups -OCH3 is 2. The Hall–Kier alpha value is -3.07. The van der Waals surface area contributed by atoms with Gasteiger partial charge in [0.15, 0.2) is 11.5 Å². The second-order valence-electron chi connectivity index (χ2n) is 6.88. The molecule has 0 saturated carbocycles. The Bertz CT molecular complexity index is 1190. The molecule has 3 aromatic carbocycles. The zero-order valence-electron chi connectivity index (χ0n) is 17.5. The van der Waals surface area contributed by atoms with Crippen LogP contribution in [0.25, 0.3) is 0 Å². The molecule has 0 radical (unpaired) electrons. The number of nitrogens with one attached hydrogen (secondary N) is 2. The van der Waals surface area contributed by atoms with E-state index >= 15 is 0 Å². The summed E-state index contributed by atoms with van der Waals surface area (Å²) < 4.78 is 39.1. The summed E-state index contributed by atoms with van der Waals surface area (Å²) in [7, 11) is -1.18. The van der Waals surface area contributed by atoms with Crippen molar-refractivity contribution in [2.45, 2.75) is 17.4 Å². The molecule has 32 heavy (non-hydrogen) atoms. The van der Waals surface area contributed by atoms with Crippen molar-refractivity contribution < 1.29 is 22.7 Å².